The van der Waals surface area contributed by atoms with E-state index < -0.39 is 11.9 Å². The van der Waals surface area contributed by atoms with Gasteiger partial charge in [-0.1, -0.05) is 24.6 Å². The van der Waals surface area contributed by atoms with Crippen molar-refractivity contribution in [1.82, 2.24) is 10.2 Å². The Hall–Kier alpha value is -2.24. The molecule has 0 radical (unpaired) electrons. The molecule has 2 N–H and O–H groups in total. The van der Waals surface area contributed by atoms with E-state index in [4.69, 9.17) is 9.84 Å². The van der Waals surface area contributed by atoms with E-state index in [0.717, 1.165) is 11.1 Å². The Balaban J connectivity index is 2.75. The summed E-state index contributed by atoms with van der Waals surface area (Å²) in [6.07, 6.45) is 0. The molecule has 2 unspecified atom stereocenters. The number of aliphatic carboxylic acids is 1. The molecule has 6 nitrogen and oxygen atoms in total. The second-order valence-electron chi connectivity index (χ2n) is 5.54. The SMILES string of the molecule is COc1ccc(C)cc1C(C)NC(=O)N(C)CC(C)C(=O)O. The molecule has 1 aromatic rings. The van der Waals surface area contributed by atoms with Crippen molar-refractivity contribution in [3.8, 4) is 5.75 Å². The second kappa shape index (κ2) is 7.68. The third kappa shape index (κ3) is 4.65. The molecule has 1 aromatic carbocycles. The van der Waals surface area contributed by atoms with Gasteiger partial charge in [0.2, 0.25) is 0 Å². The average molecular weight is 308 g/mol. The van der Waals surface area contributed by atoms with Crippen LogP contribution < -0.4 is 10.1 Å². The van der Waals surface area contributed by atoms with Crippen LogP contribution in [0.2, 0.25) is 0 Å². The van der Waals surface area contributed by atoms with Crippen LogP contribution in [0.5, 0.6) is 5.75 Å². The maximum Gasteiger partial charge on any atom is 0.317 e. The minimum absolute atomic E-state index is 0.152. The number of ether oxygens (including phenoxy) is 1. The highest BCUT2D eigenvalue weighted by Gasteiger charge is 2.20. The third-order valence-electron chi connectivity index (χ3n) is 3.51. The summed E-state index contributed by atoms with van der Waals surface area (Å²) in [5.41, 5.74) is 1.96. The van der Waals surface area contributed by atoms with E-state index in [1.807, 2.05) is 32.0 Å². The number of carbonyl (C=O) groups excluding carboxylic acids is 1. The van der Waals surface area contributed by atoms with Gasteiger partial charge in [-0.2, -0.15) is 0 Å². The topological polar surface area (TPSA) is 78.9 Å². The van der Waals surface area contributed by atoms with Gasteiger partial charge < -0.3 is 20.1 Å². The first-order chi connectivity index (χ1) is 10.3. The van der Waals surface area contributed by atoms with Gasteiger partial charge in [0.1, 0.15) is 5.75 Å². The number of aryl methyl sites for hydroxylation is 1. The fourth-order valence-electron chi connectivity index (χ4n) is 2.14. The summed E-state index contributed by atoms with van der Waals surface area (Å²) in [4.78, 5) is 24.4. The van der Waals surface area contributed by atoms with Crippen molar-refractivity contribution in [2.24, 2.45) is 5.92 Å². The van der Waals surface area contributed by atoms with Crippen LogP contribution in [0.3, 0.4) is 0 Å². The van der Waals surface area contributed by atoms with E-state index in [9.17, 15) is 9.59 Å². The van der Waals surface area contributed by atoms with Gasteiger partial charge in [0.15, 0.2) is 0 Å². The highest BCUT2D eigenvalue weighted by atomic mass is 16.5. The Morgan fingerprint density at radius 2 is 2.00 bits per heavy atom. The van der Waals surface area contributed by atoms with E-state index in [1.165, 1.54) is 4.90 Å². The van der Waals surface area contributed by atoms with Crippen LogP contribution in [0.1, 0.15) is 31.0 Å². The number of rotatable bonds is 6. The first-order valence-electron chi connectivity index (χ1n) is 7.15. The molecule has 0 aliphatic heterocycles. The summed E-state index contributed by atoms with van der Waals surface area (Å²) in [7, 11) is 3.17. The molecule has 1 rings (SSSR count). The van der Waals surface area contributed by atoms with Crippen LogP contribution in [0.15, 0.2) is 18.2 Å². The zero-order chi connectivity index (χ0) is 16.9. The van der Waals surface area contributed by atoms with Crippen molar-refractivity contribution in [3.63, 3.8) is 0 Å². The molecule has 122 valence electrons. The number of carboxylic acid groups (broad SMARTS) is 1. The zero-order valence-corrected chi connectivity index (χ0v) is 13.7. The number of nitrogens with zero attached hydrogens (tertiary/aromatic N) is 1. The molecule has 0 aliphatic carbocycles. The Morgan fingerprint density at radius 1 is 1.36 bits per heavy atom. The van der Waals surface area contributed by atoms with Crippen LogP contribution in [0.25, 0.3) is 0 Å². The van der Waals surface area contributed by atoms with Gasteiger partial charge in [-0.05, 0) is 19.9 Å². The first kappa shape index (κ1) is 17.8. The molecule has 0 aromatic heterocycles. The van der Waals surface area contributed by atoms with Gasteiger partial charge >= 0.3 is 12.0 Å². The molecule has 0 bridgehead atoms. The van der Waals surface area contributed by atoms with E-state index in [0.29, 0.717) is 5.75 Å². The normalized spacial score (nSPS) is 13.1. The summed E-state index contributed by atoms with van der Waals surface area (Å²) in [5.74, 6) is -0.826. The van der Waals surface area contributed by atoms with Gasteiger partial charge in [-0.15, -0.1) is 0 Å². The minimum atomic E-state index is -0.923. The van der Waals surface area contributed by atoms with Gasteiger partial charge in [-0.25, -0.2) is 4.79 Å². The number of carbonyl (C=O) groups is 2. The number of hydrogen-bond acceptors (Lipinski definition) is 3. The van der Waals surface area contributed by atoms with Gasteiger partial charge in [-0.3, -0.25) is 4.79 Å². The van der Waals surface area contributed by atoms with E-state index in [2.05, 4.69) is 5.32 Å². The molecule has 0 saturated heterocycles. The highest BCUT2D eigenvalue weighted by Crippen LogP contribution is 2.26. The van der Waals surface area contributed by atoms with Crippen molar-refractivity contribution < 1.29 is 19.4 Å². The van der Waals surface area contributed by atoms with Crippen LogP contribution in [0, 0.1) is 12.8 Å². The lowest BCUT2D eigenvalue weighted by molar-refractivity contribution is -0.141. The smallest absolute Gasteiger partial charge is 0.317 e. The lowest BCUT2D eigenvalue weighted by atomic mass is 10.0. The molecule has 6 heteroatoms. The standard InChI is InChI=1S/C16H24N2O4/c1-10-6-7-14(22-5)13(8-10)12(3)17-16(21)18(4)9-11(2)15(19)20/h6-8,11-12H,9H2,1-5H3,(H,17,21)(H,19,20). The number of methoxy groups -OCH3 is 1. The first-order valence-corrected chi connectivity index (χ1v) is 7.15. The van der Waals surface area contributed by atoms with Crippen molar-refractivity contribution in [2.45, 2.75) is 26.8 Å². The predicted molar refractivity (Wildman–Crippen MR) is 84.1 cm³/mol. The molecule has 22 heavy (non-hydrogen) atoms. The van der Waals surface area contributed by atoms with E-state index in [1.54, 1.807) is 21.1 Å². The molecule has 0 aliphatic rings. The number of hydrogen-bond donors (Lipinski definition) is 2. The molecule has 0 heterocycles. The Kier molecular flexibility index (Phi) is 6.22. The lowest BCUT2D eigenvalue weighted by Crippen LogP contribution is -2.41. The number of carboxylic acids is 1. The van der Waals surface area contributed by atoms with E-state index in [-0.39, 0.29) is 18.6 Å². The highest BCUT2D eigenvalue weighted by molar-refractivity contribution is 5.76. The van der Waals surface area contributed by atoms with Crippen LogP contribution >= 0.6 is 0 Å². The van der Waals surface area contributed by atoms with Gasteiger partial charge in [0.25, 0.3) is 0 Å². The lowest BCUT2D eigenvalue weighted by Gasteiger charge is -2.24. The van der Waals surface area contributed by atoms with Gasteiger partial charge in [0.05, 0.1) is 19.1 Å². The van der Waals surface area contributed by atoms with E-state index >= 15 is 0 Å². The molecule has 2 amide bonds. The van der Waals surface area contributed by atoms with Crippen LogP contribution in [-0.2, 0) is 4.79 Å². The summed E-state index contributed by atoms with van der Waals surface area (Å²) >= 11 is 0. The summed E-state index contributed by atoms with van der Waals surface area (Å²) in [6, 6.07) is 5.21. The minimum Gasteiger partial charge on any atom is -0.496 e. The number of nitrogens with one attached hydrogen (secondary N) is 1. The molecule has 0 spiro atoms. The summed E-state index contributed by atoms with van der Waals surface area (Å²) in [6.45, 7) is 5.56. The fourth-order valence-corrected chi connectivity index (χ4v) is 2.14. The zero-order valence-electron chi connectivity index (χ0n) is 13.7. The quantitative estimate of drug-likeness (QED) is 0.846. The Bertz CT molecular complexity index is 545. The molecule has 0 saturated carbocycles. The maximum absolute atomic E-state index is 12.2. The molecule has 0 fully saturated rings. The fraction of sp³-hybridized carbons (Fsp3) is 0.500. The average Bonchev–Trinajstić information content (AvgIpc) is 2.46. The second-order valence-corrected chi connectivity index (χ2v) is 5.54. The largest absolute Gasteiger partial charge is 0.496 e. The Labute approximate surface area is 131 Å². The third-order valence-corrected chi connectivity index (χ3v) is 3.51. The van der Waals surface area contributed by atoms with Crippen molar-refractivity contribution in [2.75, 3.05) is 20.7 Å². The van der Waals surface area contributed by atoms with Crippen LogP contribution in [-0.4, -0.2) is 42.7 Å². The number of urea groups is 1. The van der Waals surface area contributed by atoms with Crippen molar-refractivity contribution in [3.05, 3.63) is 29.3 Å². The molecular weight excluding hydrogens is 284 g/mol. The summed E-state index contributed by atoms with van der Waals surface area (Å²) in [5, 5.41) is 11.8. The monoisotopic (exact) mass is 308 g/mol. The van der Waals surface area contributed by atoms with Crippen LogP contribution in [0.4, 0.5) is 4.79 Å². The summed E-state index contributed by atoms with van der Waals surface area (Å²) < 4.78 is 5.32. The maximum atomic E-state index is 12.2. The van der Waals surface area contributed by atoms with Crippen molar-refractivity contribution in [1.29, 1.82) is 0 Å². The van der Waals surface area contributed by atoms with Crippen molar-refractivity contribution >= 4 is 12.0 Å². The number of amides is 2. The molecule has 2 atom stereocenters. The Morgan fingerprint density at radius 3 is 2.55 bits per heavy atom. The van der Waals surface area contributed by atoms with Gasteiger partial charge in [0, 0.05) is 19.2 Å². The predicted octanol–water partition coefficient (Wildman–Crippen LogP) is 2.43. The number of benzene rings is 1. The molecular formula is C16H24N2O4.